The predicted molar refractivity (Wildman–Crippen MR) is 105 cm³/mol. The number of anilines is 2. The van der Waals surface area contributed by atoms with Crippen LogP contribution in [-0.4, -0.2) is 29.5 Å². The lowest BCUT2D eigenvalue weighted by Gasteiger charge is -2.08. The summed E-state index contributed by atoms with van der Waals surface area (Å²) in [7, 11) is 1.66. The number of halogens is 3. The van der Waals surface area contributed by atoms with Gasteiger partial charge in [-0.1, -0.05) is 11.6 Å². The van der Waals surface area contributed by atoms with Crippen molar-refractivity contribution in [2.24, 2.45) is 7.05 Å². The van der Waals surface area contributed by atoms with Crippen LogP contribution in [0.2, 0.25) is 5.02 Å². The maximum Gasteiger partial charge on any atom is 0.159 e. The van der Waals surface area contributed by atoms with Crippen LogP contribution < -0.4 is 5.32 Å². The van der Waals surface area contributed by atoms with Gasteiger partial charge in [0, 0.05) is 30.4 Å². The Balaban J connectivity index is 1.70. The second-order valence-electron chi connectivity index (χ2n) is 6.48. The van der Waals surface area contributed by atoms with Crippen LogP contribution in [0.15, 0.2) is 36.7 Å². The molecule has 0 atom stereocenters. The fourth-order valence-corrected chi connectivity index (χ4v) is 3.31. The van der Waals surface area contributed by atoms with Crippen molar-refractivity contribution in [3.63, 3.8) is 0 Å². The normalized spacial score (nSPS) is 11.1. The van der Waals surface area contributed by atoms with Crippen LogP contribution in [-0.2, 0) is 7.05 Å². The third-order valence-corrected chi connectivity index (χ3v) is 4.66. The van der Waals surface area contributed by atoms with Gasteiger partial charge in [-0.25, -0.2) is 23.4 Å². The zero-order valence-corrected chi connectivity index (χ0v) is 16.5. The van der Waals surface area contributed by atoms with Gasteiger partial charge in [-0.3, -0.25) is 4.68 Å². The lowest BCUT2D eigenvalue weighted by atomic mass is 10.1. The van der Waals surface area contributed by atoms with Crippen molar-refractivity contribution >= 4 is 23.2 Å². The summed E-state index contributed by atoms with van der Waals surface area (Å²) < 4.78 is 30.5. The summed E-state index contributed by atoms with van der Waals surface area (Å²) in [6.07, 6.45) is 1.40. The molecule has 1 aromatic carbocycles. The van der Waals surface area contributed by atoms with Crippen molar-refractivity contribution in [3.8, 4) is 17.1 Å². The molecule has 0 radical (unpaired) electrons. The topological polar surface area (TPSA) is 73.5 Å². The second kappa shape index (κ2) is 7.25. The number of nitrogens with zero attached hydrogens (tertiary/aromatic N) is 6. The summed E-state index contributed by atoms with van der Waals surface area (Å²) in [5, 5.41) is 11.9. The number of rotatable bonds is 4. The Bertz CT molecular complexity index is 1220. The van der Waals surface area contributed by atoms with Crippen molar-refractivity contribution in [2.75, 3.05) is 5.32 Å². The van der Waals surface area contributed by atoms with Gasteiger partial charge in [-0.2, -0.15) is 10.2 Å². The van der Waals surface area contributed by atoms with E-state index in [0.29, 0.717) is 17.5 Å². The molecule has 4 rings (SSSR count). The van der Waals surface area contributed by atoms with Gasteiger partial charge in [0.05, 0.1) is 5.69 Å². The maximum atomic E-state index is 14.2. The highest BCUT2D eigenvalue weighted by atomic mass is 35.5. The largest absolute Gasteiger partial charge is 0.324 e. The molecule has 0 aliphatic rings. The first-order chi connectivity index (χ1) is 13.8. The minimum atomic E-state index is -0.745. The van der Waals surface area contributed by atoms with Crippen LogP contribution >= 0.6 is 11.6 Å². The number of hydrogen-bond acceptors (Lipinski definition) is 5. The van der Waals surface area contributed by atoms with E-state index in [1.165, 1.54) is 17.1 Å². The second-order valence-corrected chi connectivity index (χ2v) is 6.86. The molecule has 0 bridgehead atoms. The average molecular weight is 416 g/mol. The van der Waals surface area contributed by atoms with Crippen LogP contribution in [0, 0.1) is 25.5 Å². The average Bonchev–Trinajstić information content (AvgIpc) is 3.15. The van der Waals surface area contributed by atoms with Gasteiger partial charge in [0.15, 0.2) is 5.82 Å². The fraction of sp³-hybridized carbons (Fsp3) is 0.158. The van der Waals surface area contributed by atoms with E-state index in [1.54, 1.807) is 17.8 Å². The minimum absolute atomic E-state index is 0.103. The number of nitrogens with one attached hydrogen (secondary N) is 1. The van der Waals surface area contributed by atoms with E-state index in [9.17, 15) is 8.78 Å². The molecule has 10 heteroatoms. The highest BCUT2D eigenvalue weighted by Gasteiger charge is 2.20. The lowest BCUT2D eigenvalue weighted by Crippen LogP contribution is -2.05. The summed E-state index contributed by atoms with van der Waals surface area (Å²) in [5.41, 5.74) is 2.10. The number of hydrogen-bond donors (Lipinski definition) is 1. The summed E-state index contributed by atoms with van der Waals surface area (Å²) in [5.74, 6) is 0.0258. The molecule has 29 heavy (non-hydrogen) atoms. The van der Waals surface area contributed by atoms with E-state index in [0.717, 1.165) is 23.5 Å². The van der Waals surface area contributed by atoms with Crippen LogP contribution in [0.5, 0.6) is 0 Å². The Labute approximate surface area is 170 Å². The molecule has 0 aliphatic carbocycles. The summed E-state index contributed by atoms with van der Waals surface area (Å²) >= 11 is 6.44. The molecule has 0 amide bonds. The molecule has 1 N–H and O–H groups in total. The van der Waals surface area contributed by atoms with Gasteiger partial charge < -0.3 is 5.32 Å². The lowest BCUT2D eigenvalue weighted by molar-refractivity contribution is 0.585. The Hall–Kier alpha value is -3.33. The van der Waals surface area contributed by atoms with Crippen molar-refractivity contribution < 1.29 is 8.78 Å². The molecule has 0 fully saturated rings. The molecule has 4 aromatic rings. The zero-order valence-electron chi connectivity index (χ0n) is 15.8. The Morgan fingerprint density at radius 2 is 1.83 bits per heavy atom. The van der Waals surface area contributed by atoms with Crippen molar-refractivity contribution in [3.05, 3.63) is 64.7 Å². The highest BCUT2D eigenvalue weighted by Crippen LogP contribution is 2.35. The van der Waals surface area contributed by atoms with Gasteiger partial charge >= 0.3 is 0 Å². The molecule has 148 valence electrons. The molecule has 0 saturated carbocycles. The van der Waals surface area contributed by atoms with E-state index in [4.69, 9.17) is 11.6 Å². The Morgan fingerprint density at radius 1 is 1.03 bits per heavy atom. The quantitative estimate of drug-likeness (QED) is 0.536. The number of benzene rings is 1. The van der Waals surface area contributed by atoms with Gasteiger partial charge in [-0.05, 0) is 32.0 Å². The SMILES string of the molecule is Cc1cc(C)n(-c2cc(Nc3c(Cl)c(-c4ccc(F)cc4F)nn3C)ncn2)n1. The van der Waals surface area contributed by atoms with Crippen LogP contribution in [0.25, 0.3) is 17.1 Å². The van der Waals surface area contributed by atoms with E-state index in [2.05, 4.69) is 25.5 Å². The molecule has 0 unspecified atom stereocenters. The van der Waals surface area contributed by atoms with Crippen LogP contribution in [0.3, 0.4) is 0 Å². The van der Waals surface area contributed by atoms with Gasteiger partial charge in [-0.15, -0.1) is 0 Å². The van der Waals surface area contributed by atoms with Gasteiger partial charge in [0.2, 0.25) is 0 Å². The summed E-state index contributed by atoms with van der Waals surface area (Å²) in [6.45, 7) is 3.83. The van der Waals surface area contributed by atoms with Crippen LogP contribution in [0.1, 0.15) is 11.4 Å². The van der Waals surface area contributed by atoms with Crippen molar-refractivity contribution in [2.45, 2.75) is 13.8 Å². The monoisotopic (exact) mass is 415 g/mol. The van der Waals surface area contributed by atoms with E-state index in [1.807, 2.05) is 19.9 Å². The molecule has 7 nitrogen and oxygen atoms in total. The summed E-state index contributed by atoms with van der Waals surface area (Å²) in [4.78, 5) is 8.46. The zero-order chi connectivity index (χ0) is 20.7. The molecule has 0 saturated heterocycles. The molecule has 0 aliphatic heterocycles. The predicted octanol–water partition coefficient (Wildman–Crippen LogP) is 4.35. The Morgan fingerprint density at radius 3 is 2.52 bits per heavy atom. The van der Waals surface area contributed by atoms with E-state index < -0.39 is 11.6 Å². The van der Waals surface area contributed by atoms with Gasteiger partial charge in [0.1, 0.15) is 40.3 Å². The van der Waals surface area contributed by atoms with Gasteiger partial charge in [0.25, 0.3) is 0 Å². The summed E-state index contributed by atoms with van der Waals surface area (Å²) in [6, 6.07) is 6.89. The molecular formula is C19H16ClF2N7. The van der Waals surface area contributed by atoms with E-state index in [-0.39, 0.29) is 16.3 Å². The van der Waals surface area contributed by atoms with E-state index >= 15 is 0 Å². The Kier molecular flexibility index (Phi) is 4.75. The van der Waals surface area contributed by atoms with Crippen molar-refractivity contribution in [1.82, 2.24) is 29.5 Å². The molecule has 3 aromatic heterocycles. The standard InChI is InChI=1S/C19H16ClF2N7/c1-10-6-11(2)29(26-10)16-8-15(23-9-24-16)25-19-17(20)18(27-28(19)3)13-5-4-12(21)7-14(13)22/h4-9H,1-3H3,(H,23,24,25). The molecular weight excluding hydrogens is 400 g/mol. The number of aromatic nitrogens is 6. The first kappa shape index (κ1) is 19.0. The highest BCUT2D eigenvalue weighted by molar-refractivity contribution is 6.35. The third-order valence-electron chi connectivity index (χ3n) is 4.30. The first-order valence-corrected chi connectivity index (χ1v) is 9.02. The smallest absolute Gasteiger partial charge is 0.159 e. The fourth-order valence-electron chi connectivity index (χ4n) is 3.00. The minimum Gasteiger partial charge on any atom is -0.324 e. The molecule has 3 heterocycles. The first-order valence-electron chi connectivity index (χ1n) is 8.64. The maximum absolute atomic E-state index is 14.2. The third kappa shape index (κ3) is 3.56. The van der Waals surface area contributed by atoms with Crippen molar-refractivity contribution in [1.29, 1.82) is 0 Å². The molecule has 0 spiro atoms. The van der Waals surface area contributed by atoms with Crippen LogP contribution in [0.4, 0.5) is 20.4 Å². The number of aryl methyl sites for hydroxylation is 3.